The Kier molecular flexibility index (Phi) is 1.89. The van der Waals surface area contributed by atoms with E-state index in [-0.39, 0.29) is 0 Å². The molecule has 0 amide bonds. The summed E-state index contributed by atoms with van der Waals surface area (Å²) < 4.78 is 0. The number of rotatable bonds is 2. The largest absolute Gasteiger partial charge is 0.310 e. The molecule has 0 aliphatic carbocycles. The third kappa shape index (κ3) is 1.22. The zero-order chi connectivity index (χ0) is 5.82. The van der Waals surface area contributed by atoms with Crippen molar-refractivity contribution in [1.82, 2.24) is 5.43 Å². The molecule has 0 aromatic heterocycles. The van der Waals surface area contributed by atoms with Crippen LogP contribution in [0.1, 0.15) is 19.8 Å². The first kappa shape index (κ1) is 5.60. The molecule has 0 fully saturated rings. The third-order valence-corrected chi connectivity index (χ3v) is 1.39. The highest BCUT2D eigenvalue weighted by atomic mass is 15.3. The summed E-state index contributed by atoms with van der Waals surface area (Å²) in [7, 11) is 0. The predicted molar refractivity (Wildman–Crippen MR) is 34.9 cm³/mol. The van der Waals surface area contributed by atoms with Gasteiger partial charge in [0.2, 0.25) is 0 Å². The van der Waals surface area contributed by atoms with Gasteiger partial charge in [0, 0.05) is 18.7 Å². The second kappa shape index (κ2) is 2.70. The van der Waals surface area contributed by atoms with Crippen molar-refractivity contribution in [1.29, 1.82) is 0 Å². The van der Waals surface area contributed by atoms with E-state index in [9.17, 15) is 0 Å². The van der Waals surface area contributed by atoms with Gasteiger partial charge in [0.1, 0.15) is 0 Å². The van der Waals surface area contributed by atoms with Crippen molar-refractivity contribution < 1.29 is 0 Å². The van der Waals surface area contributed by atoms with Crippen LogP contribution in [0.25, 0.3) is 0 Å². The molecular weight excluding hydrogens is 100 g/mol. The van der Waals surface area contributed by atoms with Crippen LogP contribution in [0.2, 0.25) is 0 Å². The summed E-state index contributed by atoms with van der Waals surface area (Å²) in [6, 6.07) is 0. The maximum absolute atomic E-state index is 3.91. The molecule has 1 atom stereocenters. The Labute approximate surface area is 50.0 Å². The molecule has 0 spiro atoms. The Morgan fingerprint density at radius 2 is 2.75 bits per heavy atom. The molecule has 0 bridgehead atoms. The van der Waals surface area contributed by atoms with E-state index in [1.165, 1.54) is 12.8 Å². The molecule has 0 saturated heterocycles. The second-order valence-corrected chi connectivity index (χ2v) is 2.19. The van der Waals surface area contributed by atoms with Crippen LogP contribution < -0.4 is 5.43 Å². The molecule has 0 aromatic carbocycles. The van der Waals surface area contributed by atoms with Crippen molar-refractivity contribution in [3.8, 4) is 0 Å². The average Bonchev–Trinajstić information content (AvgIpc) is 2.19. The summed E-state index contributed by atoms with van der Waals surface area (Å²) in [5.74, 6) is 0.708. The lowest BCUT2D eigenvalue weighted by Gasteiger charge is -1.99. The summed E-state index contributed by atoms with van der Waals surface area (Å²) in [6.07, 6.45) is 4.54. The quantitative estimate of drug-likeness (QED) is 0.566. The standard InChI is InChI=1S/C6H12N2/c1-2-3-6-4-7-8-5-6/h4,6,8H,2-3,5H2,1H3. The van der Waals surface area contributed by atoms with Gasteiger partial charge in [-0.25, -0.2) is 0 Å². The van der Waals surface area contributed by atoms with Crippen LogP contribution in [0.4, 0.5) is 0 Å². The van der Waals surface area contributed by atoms with E-state index in [2.05, 4.69) is 17.5 Å². The maximum Gasteiger partial charge on any atom is 0.0408 e. The van der Waals surface area contributed by atoms with Gasteiger partial charge in [-0.2, -0.15) is 5.10 Å². The summed E-state index contributed by atoms with van der Waals surface area (Å²) in [5.41, 5.74) is 2.93. The van der Waals surface area contributed by atoms with Crippen molar-refractivity contribution in [3.63, 3.8) is 0 Å². The highest BCUT2D eigenvalue weighted by molar-refractivity contribution is 5.62. The molecule has 1 N–H and O–H groups in total. The molecule has 1 aliphatic heterocycles. The van der Waals surface area contributed by atoms with Crippen molar-refractivity contribution >= 4 is 6.21 Å². The molecule has 8 heavy (non-hydrogen) atoms. The van der Waals surface area contributed by atoms with E-state index < -0.39 is 0 Å². The van der Waals surface area contributed by atoms with Gasteiger partial charge in [-0.1, -0.05) is 13.3 Å². The van der Waals surface area contributed by atoms with Crippen molar-refractivity contribution in [2.45, 2.75) is 19.8 Å². The lowest BCUT2D eigenvalue weighted by Crippen LogP contribution is -2.09. The van der Waals surface area contributed by atoms with Crippen LogP contribution in [0.15, 0.2) is 5.10 Å². The van der Waals surface area contributed by atoms with Crippen LogP contribution in [0, 0.1) is 5.92 Å². The molecule has 46 valence electrons. The molecule has 0 aromatic rings. The van der Waals surface area contributed by atoms with Gasteiger partial charge in [0.25, 0.3) is 0 Å². The Balaban J connectivity index is 2.16. The highest BCUT2D eigenvalue weighted by Gasteiger charge is 2.06. The summed E-state index contributed by atoms with van der Waals surface area (Å²) >= 11 is 0. The first-order valence-electron chi connectivity index (χ1n) is 3.19. The van der Waals surface area contributed by atoms with E-state index in [0.717, 1.165) is 6.54 Å². The monoisotopic (exact) mass is 112 g/mol. The molecule has 2 heteroatoms. The maximum atomic E-state index is 3.91. The Morgan fingerprint density at radius 3 is 3.25 bits per heavy atom. The smallest absolute Gasteiger partial charge is 0.0408 e. The number of hydrazone groups is 1. The molecule has 2 nitrogen and oxygen atoms in total. The Hall–Kier alpha value is -0.530. The van der Waals surface area contributed by atoms with Crippen molar-refractivity contribution in [3.05, 3.63) is 0 Å². The minimum atomic E-state index is 0.708. The van der Waals surface area contributed by atoms with E-state index in [4.69, 9.17) is 0 Å². The molecule has 1 heterocycles. The SMILES string of the molecule is CCCC1C=NNC1. The van der Waals surface area contributed by atoms with E-state index in [1.54, 1.807) is 0 Å². The van der Waals surface area contributed by atoms with Crippen LogP contribution >= 0.6 is 0 Å². The average molecular weight is 112 g/mol. The third-order valence-electron chi connectivity index (χ3n) is 1.39. The lowest BCUT2D eigenvalue weighted by molar-refractivity contribution is 0.605. The zero-order valence-electron chi connectivity index (χ0n) is 5.22. The van der Waals surface area contributed by atoms with Crippen molar-refractivity contribution in [2.24, 2.45) is 11.0 Å². The summed E-state index contributed by atoms with van der Waals surface area (Å²) in [4.78, 5) is 0. The molecule has 0 saturated carbocycles. The number of nitrogens with zero attached hydrogens (tertiary/aromatic N) is 1. The van der Waals surface area contributed by atoms with Gasteiger partial charge in [-0.05, 0) is 6.42 Å². The topological polar surface area (TPSA) is 24.4 Å². The number of hydrogen-bond acceptors (Lipinski definition) is 2. The van der Waals surface area contributed by atoms with Gasteiger partial charge in [-0.15, -0.1) is 0 Å². The summed E-state index contributed by atoms with van der Waals surface area (Å²) in [6.45, 7) is 3.25. The number of nitrogens with one attached hydrogen (secondary N) is 1. The second-order valence-electron chi connectivity index (χ2n) is 2.19. The van der Waals surface area contributed by atoms with Crippen LogP contribution in [-0.4, -0.2) is 12.8 Å². The Morgan fingerprint density at radius 1 is 1.88 bits per heavy atom. The molecule has 1 aliphatic rings. The van der Waals surface area contributed by atoms with Crippen LogP contribution in [-0.2, 0) is 0 Å². The van der Waals surface area contributed by atoms with E-state index >= 15 is 0 Å². The fourth-order valence-electron chi connectivity index (χ4n) is 0.928. The van der Waals surface area contributed by atoms with Crippen LogP contribution in [0.5, 0.6) is 0 Å². The van der Waals surface area contributed by atoms with E-state index in [0.29, 0.717) is 5.92 Å². The van der Waals surface area contributed by atoms with Gasteiger partial charge in [0.15, 0.2) is 0 Å². The van der Waals surface area contributed by atoms with Crippen molar-refractivity contribution in [2.75, 3.05) is 6.54 Å². The number of hydrogen-bond donors (Lipinski definition) is 1. The highest BCUT2D eigenvalue weighted by Crippen LogP contribution is 2.04. The molecule has 0 radical (unpaired) electrons. The molecule has 1 rings (SSSR count). The lowest BCUT2D eigenvalue weighted by atomic mass is 10.1. The first-order chi connectivity index (χ1) is 3.93. The van der Waals surface area contributed by atoms with E-state index in [1.807, 2.05) is 6.21 Å². The minimum Gasteiger partial charge on any atom is -0.310 e. The van der Waals surface area contributed by atoms with Gasteiger partial charge < -0.3 is 5.43 Å². The fourth-order valence-corrected chi connectivity index (χ4v) is 0.928. The molecular formula is C6H12N2. The predicted octanol–water partition coefficient (Wildman–Crippen LogP) is 0.992. The van der Waals surface area contributed by atoms with Gasteiger partial charge in [-0.3, -0.25) is 0 Å². The minimum absolute atomic E-state index is 0.708. The Bertz CT molecular complexity index is 88.5. The zero-order valence-corrected chi connectivity index (χ0v) is 5.22. The first-order valence-corrected chi connectivity index (χ1v) is 3.19. The van der Waals surface area contributed by atoms with Crippen LogP contribution in [0.3, 0.4) is 0 Å². The van der Waals surface area contributed by atoms with Gasteiger partial charge in [0.05, 0.1) is 0 Å². The fraction of sp³-hybridized carbons (Fsp3) is 0.833. The molecule has 1 unspecified atom stereocenters. The summed E-state index contributed by atoms with van der Waals surface area (Å²) in [5, 5.41) is 3.91. The van der Waals surface area contributed by atoms with Gasteiger partial charge >= 0.3 is 0 Å². The normalized spacial score (nSPS) is 25.9.